The van der Waals surface area contributed by atoms with Gasteiger partial charge in [0.05, 0.1) is 31.5 Å². The van der Waals surface area contributed by atoms with E-state index in [2.05, 4.69) is 6.07 Å². The number of hydrogen-bond acceptors (Lipinski definition) is 5. The molecule has 0 aliphatic rings. The first kappa shape index (κ1) is 21.6. The summed E-state index contributed by atoms with van der Waals surface area (Å²) in [5.41, 5.74) is 1.96. The molecular formula is C22H26N2O3S. The van der Waals surface area contributed by atoms with Crippen LogP contribution in [0, 0.1) is 18.3 Å². The van der Waals surface area contributed by atoms with E-state index in [0.717, 1.165) is 22.7 Å². The number of ether oxygens (including phenoxy) is 2. The van der Waals surface area contributed by atoms with E-state index in [4.69, 9.17) is 14.7 Å². The fourth-order valence-corrected chi connectivity index (χ4v) is 3.40. The summed E-state index contributed by atoms with van der Waals surface area (Å²) >= 11 is 1.55. The van der Waals surface area contributed by atoms with Gasteiger partial charge >= 0.3 is 0 Å². The van der Waals surface area contributed by atoms with Crippen molar-refractivity contribution >= 4 is 23.4 Å². The molecule has 2 rings (SSSR count). The third-order valence-corrected chi connectivity index (χ3v) is 5.29. The molecule has 0 saturated carbocycles. The number of methoxy groups -OCH3 is 1. The van der Waals surface area contributed by atoms with Gasteiger partial charge in [0.15, 0.2) is 0 Å². The number of amides is 1. The fraction of sp³-hybridized carbons (Fsp3) is 0.364. The van der Waals surface area contributed by atoms with Crippen LogP contribution in [0.1, 0.15) is 18.9 Å². The molecule has 0 aromatic heterocycles. The van der Waals surface area contributed by atoms with Crippen molar-refractivity contribution in [3.63, 3.8) is 0 Å². The summed E-state index contributed by atoms with van der Waals surface area (Å²) < 4.78 is 10.8. The number of thioether (sulfide) groups is 1. The summed E-state index contributed by atoms with van der Waals surface area (Å²) in [6.07, 6.45) is 0.303. The Bertz CT molecular complexity index is 785. The van der Waals surface area contributed by atoms with E-state index >= 15 is 0 Å². The quantitative estimate of drug-likeness (QED) is 0.553. The number of hydrogen-bond donors (Lipinski definition) is 0. The first-order chi connectivity index (χ1) is 13.5. The van der Waals surface area contributed by atoms with Crippen LogP contribution in [0.25, 0.3) is 0 Å². The summed E-state index contributed by atoms with van der Waals surface area (Å²) in [6.45, 7) is 4.81. The molecule has 148 valence electrons. The number of nitrogens with zero attached hydrogens (tertiary/aromatic N) is 2. The van der Waals surface area contributed by atoms with Crippen LogP contribution in [-0.2, 0) is 4.79 Å². The average molecular weight is 399 g/mol. The number of nitriles is 1. The minimum atomic E-state index is -0.223. The van der Waals surface area contributed by atoms with E-state index in [1.165, 1.54) is 0 Å². The van der Waals surface area contributed by atoms with Gasteiger partial charge in [0, 0.05) is 18.0 Å². The molecular weight excluding hydrogens is 372 g/mol. The predicted molar refractivity (Wildman–Crippen MR) is 114 cm³/mol. The van der Waals surface area contributed by atoms with Crippen LogP contribution in [0.4, 0.5) is 5.69 Å². The van der Waals surface area contributed by atoms with Crippen LogP contribution in [0.2, 0.25) is 0 Å². The molecule has 0 saturated heterocycles. The van der Waals surface area contributed by atoms with Crippen molar-refractivity contribution in [3.8, 4) is 17.6 Å². The topological polar surface area (TPSA) is 62.6 Å². The van der Waals surface area contributed by atoms with Crippen LogP contribution in [-0.4, -0.2) is 37.2 Å². The average Bonchev–Trinajstić information content (AvgIpc) is 2.72. The molecule has 6 heteroatoms. The molecule has 2 aromatic rings. The summed E-state index contributed by atoms with van der Waals surface area (Å²) in [5.74, 6) is 2.26. The Hall–Kier alpha value is -2.65. The van der Waals surface area contributed by atoms with Crippen molar-refractivity contribution in [1.29, 1.82) is 5.26 Å². The zero-order valence-electron chi connectivity index (χ0n) is 16.6. The molecule has 5 nitrogen and oxygen atoms in total. The lowest BCUT2D eigenvalue weighted by atomic mass is 10.2. The van der Waals surface area contributed by atoms with Crippen LogP contribution in [0.3, 0.4) is 0 Å². The number of carbonyl (C=O) groups excluding carboxylic acids is 1. The van der Waals surface area contributed by atoms with Crippen LogP contribution in [0.15, 0.2) is 48.5 Å². The minimum absolute atomic E-state index is 0.00792. The van der Waals surface area contributed by atoms with Crippen molar-refractivity contribution in [2.45, 2.75) is 25.5 Å². The molecule has 1 amide bonds. The number of aryl methyl sites for hydroxylation is 1. The van der Waals surface area contributed by atoms with Crippen LogP contribution in [0.5, 0.6) is 11.5 Å². The van der Waals surface area contributed by atoms with Gasteiger partial charge in [-0.15, -0.1) is 11.8 Å². The maximum atomic E-state index is 12.9. The highest BCUT2D eigenvalue weighted by molar-refractivity contribution is 8.00. The Labute approximate surface area is 171 Å². The van der Waals surface area contributed by atoms with E-state index < -0.39 is 0 Å². The first-order valence-corrected chi connectivity index (χ1v) is 10.2. The van der Waals surface area contributed by atoms with Crippen molar-refractivity contribution in [2.24, 2.45) is 0 Å². The highest BCUT2D eigenvalue weighted by Gasteiger charge is 2.22. The SMILES string of the molecule is COc1ccc(OCCSC(C)C(=O)N(CCC#N)c2ccc(C)cc2)cc1. The van der Waals surface area contributed by atoms with Gasteiger partial charge in [0.25, 0.3) is 0 Å². The molecule has 0 radical (unpaired) electrons. The Morgan fingerprint density at radius 2 is 1.79 bits per heavy atom. The van der Waals surface area contributed by atoms with E-state index in [0.29, 0.717) is 25.3 Å². The van der Waals surface area contributed by atoms with E-state index in [-0.39, 0.29) is 11.2 Å². The summed E-state index contributed by atoms with van der Waals surface area (Å²) in [7, 11) is 1.63. The number of rotatable bonds is 10. The van der Waals surface area contributed by atoms with Crippen molar-refractivity contribution < 1.29 is 14.3 Å². The van der Waals surface area contributed by atoms with Gasteiger partial charge in [-0.1, -0.05) is 17.7 Å². The van der Waals surface area contributed by atoms with Gasteiger partial charge in [-0.3, -0.25) is 4.79 Å². The predicted octanol–water partition coefficient (Wildman–Crippen LogP) is 4.45. The molecule has 2 aromatic carbocycles. The molecule has 0 aliphatic carbocycles. The normalized spacial score (nSPS) is 11.4. The third-order valence-electron chi connectivity index (χ3n) is 4.19. The zero-order chi connectivity index (χ0) is 20.4. The molecule has 0 heterocycles. The number of anilines is 1. The molecule has 0 bridgehead atoms. The Balaban J connectivity index is 1.87. The highest BCUT2D eigenvalue weighted by atomic mass is 32.2. The number of carbonyl (C=O) groups is 1. The largest absolute Gasteiger partial charge is 0.497 e. The second-order valence-electron chi connectivity index (χ2n) is 6.27. The van der Waals surface area contributed by atoms with E-state index in [1.807, 2.05) is 62.4 Å². The van der Waals surface area contributed by atoms with E-state index in [9.17, 15) is 4.79 Å². The maximum absolute atomic E-state index is 12.9. The lowest BCUT2D eigenvalue weighted by molar-refractivity contribution is -0.117. The van der Waals surface area contributed by atoms with Gasteiger partial charge in [-0.25, -0.2) is 0 Å². The summed E-state index contributed by atoms with van der Waals surface area (Å²) in [5, 5.41) is 8.70. The Kier molecular flexibility index (Phi) is 8.70. The third kappa shape index (κ3) is 6.50. The smallest absolute Gasteiger partial charge is 0.239 e. The van der Waals surface area contributed by atoms with Crippen LogP contribution >= 0.6 is 11.8 Å². The monoisotopic (exact) mass is 398 g/mol. The van der Waals surface area contributed by atoms with Crippen molar-refractivity contribution in [2.75, 3.05) is 30.9 Å². The minimum Gasteiger partial charge on any atom is -0.497 e. The van der Waals surface area contributed by atoms with Gasteiger partial charge in [0.2, 0.25) is 5.91 Å². The Morgan fingerprint density at radius 3 is 2.39 bits per heavy atom. The maximum Gasteiger partial charge on any atom is 0.239 e. The van der Waals surface area contributed by atoms with Gasteiger partial charge < -0.3 is 14.4 Å². The standard InChI is InChI=1S/C22H26N2O3S/c1-17-5-7-19(8-6-17)24(14-4-13-23)22(25)18(2)28-16-15-27-21-11-9-20(26-3)10-12-21/h5-12,18H,4,14-16H2,1-3H3. The number of benzene rings is 2. The fourth-order valence-electron chi connectivity index (χ4n) is 2.60. The lowest BCUT2D eigenvalue weighted by Crippen LogP contribution is -2.37. The molecule has 0 fully saturated rings. The van der Waals surface area contributed by atoms with Crippen molar-refractivity contribution in [1.82, 2.24) is 0 Å². The summed E-state index contributed by atoms with van der Waals surface area (Å²) in [6, 6.07) is 17.3. The van der Waals surface area contributed by atoms with E-state index in [1.54, 1.807) is 23.8 Å². The molecule has 28 heavy (non-hydrogen) atoms. The van der Waals surface area contributed by atoms with Crippen LogP contribution < -0.4 is 14.4 Å². The second kappa shape index (κ2) is 11.3. The molecule has 1 unspecified atom stereocenters. The van der Waals surface area contributed by atoms with Crippen molar-refractivity contribution in [3.05, 3.63) is 54.1 Å². The van der Waals surface area contributed by atoms with Gasteiger partial charge in [-0.05, 0) is 50.2 Å². The van der Waals surface area contributed by atoms with Gasteiger partial charge in [0.1, 0.15) is 11.5 Å². The second-order valence-corrected chi connectivity index (χ2v) is 7.72. The molecule has 0 N–H and O–H groups in total. The Morgan fingerprint density at radius 1 is 1.14 bits per heavy atom. The molecule has 0 aliphatic heterocycles. The molecule has 1 atom stereocenters. The zero-order valence-corrected chi connectivity index (χ0v) is 17.4. The van der Waals surface area contributed by atoms with Gasteiger partial charge in [-0.2, -0.15) is 5.26 Å². The first-order valence-electron chi connectivity index (χ1n) is 9.18. The highest BCUT2D eigenvalue weighted by Crippen LogP contribution is 2.22. The molecule has 0 spiro atoms. The lowest BCUT2D eigenvalue weighted by Gasteiger charge is -2.25. The summed E-state index contributed by atoms with van der Waals surface area (Å²) in [4.78, 5) is 14.6.